The Hall–Kier alpha value is -1.67. The molecule has 1 fully saturated rings. The van der Waals surface area contributed by atoms with Crippen LogP contribution in [0.25, 0.3) is 0 Å². The summed E-state index contributed by atoms with van der Waals surface area (Å²) in [6, 6.07) is -1.92. The Morgan fingerprint density at radius 1 is 1.50 bits per heavy atom. The third-order valence-corrected chi connectivity index (χ3v) is 2.78. The Morgan fingerprint density at radius 3 is 2.61 bits per heavy atom. The lowest BCUT2D eigenvalue weighted by Crippen LogP contribution is -2.51. The van der Waals surface area contributed by atoms with Crippen molar-refractivity contribution in [3.8, 4) is 0 Å². The average molecular weight is 259 g/mol. The van der Waals surface area contributed by atoms with E-state index in [1.165, 1.54) is 6.92 Å². The van der Waals surface area contributed by atoms with Crippen molar-refractivity contribution in [3.05, 3.63) is 0 Å². The first-order valence-electron chi connectivity index (χ1n) is 5.57. The third-order valence-electron chi connectivity index (χ3n) is 2.78. The van der Waals surface area contributed by atoms with Gasteiger partial charge in [0, 0.05) is 13.0 Å². The number of hydrogen-bond donors (Lipinski definition) is 4. The van der Waals surface area contributed by atoms with Crippen molar-refractivity contribution in [2.24, 2.45) is 5.73 Å². The first-order valence-corrected chi connectivity index (χ1v) is 5.57. The molecule has 0 aromatic carbocycles. The van der Waals surface area contributed by atoms with Gasteiger partial charge < -0.3 is 26.2 Å². The molecule has 2 amide bonds. The number of aliphatic hydroxyl groups excluding tert-OH is 1. The monoisotopic (exact) mass is 259 g/mol. The van der Waals surface area contributed by atoms with E-state index in [1.54, 1.807) is 0 Å². The van der Waals surface area contributed by atoms with Crippen LogP contribution in [0, 0.1) is 0 Å². The van der Waals surface area contributed by atoms with E-state index in [0.29, 0.717) is 0 Å². The van der Waals surface area contributed by atoms with Crippen LogP contribution in [-0.2, 0) is 14.4 Å². The van der Waals surface area contributed by atoms with E-state index in [9.17, 15) is 19.5 Å². The molecule has 18 heavy (non-hydrogen) atoms. The molecule has 0 aromatic rings. The highest BCUT2D eigenvalue weighted by Gasteiger charge is 2.40. The van der Waals surface area contributed by atoms with Gasteiger partial charge in [0.1, 0.15) is 12.1 Å². The van der Waals surface area contributed by atoms with Gasteiger partial charge in [-0.05, 0) is 6.92 Å². The number of hydrogen-bond acceptors (Lipinski definition) is 5. The molecule has 0 spiro atoms. The van der Waals surface area contributed by atoms with Crippen LogP contribution in [0.3, 0.4) is 0 Å². The molecule has 1 heterocycles. The fourth-order valence-corrected chi connectivity index (χ4v) is 1.90. The maximum Gasteiger partial charge on any atom is 0.326 e. The lowest BCUT2D eigenvalue weighted by atomic mass is 10.2. The highest BCUT2D eigenvalue weighted by molar-refractivity contribution is 5.91. The van der Waals surface area contributed by atoms with E-state index in [4.69, 9.17) is 10.8 Å². The van der Waals surface area contributed by atoms with E-state index in [2.05, 4.69) is 5.32 Å². The summed E-state index contributed by atoms with van der Waals surface area (Å²) in [4.78, 5) is 35.0. The second-order valence-electron chi connectivity index (χ2n) is 4.23. The lowest BCUT2D eigenvalue weighted by molar-refractivity contribution is -0.149. The van der Waals surface area contributed by atoms with Gasteiger partial charge in [0.2, 0.25) is 11.8 Å². The minimum absolute atomic E-state index is 0.00136. The summed E-state index contributed by atoms with van der Waals surface area (Å²) in [5.41, 5.74) is 5.10. The second kappa shape index (κ2) is 5.78. The van der Waals surface area contributed by atoms with Gasteiger partial charge in [0.15, 0.2) is 0 Å². The molecular weight excluding hydrogens is 242 g/mol. The standard InChI is InChI=1S/C10H17N3O5/c1-5(12-8(15)3-11)9(16)13-4-6(14)2-7(13)10(17)18/h5-7,14H,2-4,11H2,1H3,(H,12,15)(H,17,18)/t5-,6?,7-/m1/s1. The van der Waals surface area contributed by atoms with Gasteiger partial charge in [0.25, 0.3) is 0 Å². The topological polar surface area (TPSA) is 133 Å². The van der Waals surface area contributed by atoms with Crippen molar-refractivity contribution in [2.75, 3.05) is 13.1 Å². The number of amides is 2. The molecule has 0 aromatic heterocycles. The van der Waals surface area contributed by atoms with Crippen molar-refractivity contribution in [1.29, 1.82) is 0 Å². The smallest absolute Gasteiger partial charge is 0.326 e. The number of carboxylic acid groups (broad SMARTS) is 1. The molecule has 8 heteroatoms. The molecular formula is C10H17N3O5. The summed E-state index contributed by atoms with van der Waals surface area (Å²) in [6.07, 6.45) is -0.856. The Labute approximate surface area is 104 Å². The number of rotatable bonds is 4. The minimum Gasteiger partial charge on any atom is -0.480 e. The van der Waals surface area contributed by atoms with Crippen molar-refractivity contribution in [2.45, 2.75) is 31.5 Å². The summed E-state index contributed by atoms with van der Waals surface area (Å²) in [6.45, 7) is 1.15. The fraction of sp³-hybridized carbons (Fsp3) is 0.700. The number of nitrogens with one attached hydrogen (secondary N) is 1. The highest BCUT2D eigenvalue weighted by atomic mass is 16.4. The summed E-state index contributed by atoms with van der Waals surface area (Å²) in [7, 11) is 0. The van der Waals surface area contributed by atoms with E-state index >= 15 is 0 Å². The molecule has 0 aliphatic carbocycles. The quantitative estimate of drug-likeness (QED) is 0.441. The Bertz CT molecular complexity index is 359. The Morgan fingerprint density at radius 2 is 2.11 bits per heavy atom. The number of carbonyl (C=O) groups excluding carboxylic acids is 2. The van der Waals surface area contributed by atoms with Crippen molar-refractivity contribution >= 4 is 17.8 Å². The Kier molecular flexibility index (Phi) is 4.62. The van der Waals surface area contributed by atoms with Crippen molar-refractivity contribution in [3.63, 3.8) is 0 Å². The average Bonchev–Trinajstić information content (AvgIpc) is 2.70. The van der Waals surface area contributed by atoms with Crippen LogP contribution in [0.2, 0.25) is 0 Å². The van der Waals surface area contributed by atoms with Gasteiger partial charge in [-0.2, -0.15) is 0 Å². The zero-order valence-corrected chi connectivity index (χ0v) is 10.00. The number of β-amino-alcohol motifs (C(OH)–C–C–N with tert-alkyl or cyclic N) is 1. The maximum absolute atomic E-state index is 12.0. The number of nitrogens with two attached hydrogens (primary N) is 1. The van der Waals surface area contributed by atoms with Crippen LogP contribution in [0.15, 0.2) is 0 Å². The Balaban J connectivity index is 2.70. The van der Waals surface area contributed by atoms with E-state index < -0.39 is 36.0 Å². The van der Waals surface area contributed by atoms with Gasteiger partial charge in [-0.15, -0.1) is 0 Å². The second-order valence-corrected chi connectivity index (χ2v) is 4.23. The van der Waals surface area contributed by atoms with E-state index in [0.717, 1.165) is 4.90 Å². The normalized spacial score (nSPS) is 24.7. The molecule has 8 nitrogen and oxygen atoms in total. The zero-order chi connectivity index (χ0) is 13.9. The molecule has 0 saturated carbocycles. The molecule has 3 atom stereocenters. The number of nitrogens with zero attached hydrogens (tertiary/aromatic N) is 1. The predicted octanol–water partition coefficient (Wildman–Crippen LogP) is -2.50. The van der Waals surface area contributed by atoms with Crippen molar-refractivity contribution < 1.29 is 24.6 Å². The van der Waals surface area contributed by atoms with Crippen LogP contribution in [-0.4, -0.2) is 64.2 Å². The highest BCUT2D eigenvalue weighted by Crippen LogP contribution is 2.19. The van der Waals surface area contributed by atoms with Gasteiger partial charge in [0.05, 0.1) is 12.6 Å². The summed E-state index contributed by atoms with van der Waals surface area (Å²) >= 11 is 0. The largest absolute Gasteiger partial charge is 0.480 e. The van der Waals surface area contributed by atoms with Gasteiger partial charge in [-0.1, -0.05) is 0 Å². The molecule has 1 rings (SSSR count). The van der Waals surface area contributed by atoms with Crippen LogP contribution < -0.4 is 11.1 Å². The maximum atomic E-state index is 12.0. The van der Waals surface area contributed by atoms with E-state index in [-0.39, 0.29) is 19.5 Å². The van der Waals surface area contributed by atoms with Gasteiger partial charge in [-0.25, -0.2) is 4.79 Å². The zero-order valence-electron chi connectivity index (χ0n) is 10.00. The number of aliphatic carboxylic acids is 1. The lowest BCUT2D eigenvalue weighted by Gasteiger charge is -2.25. The molecule has 1 aliphatic heterocycles. The third kappa shape index (κ3) is 3.17. The van der Waals surface area contributed by atoms with E-state index in [1.807, 2.05) is 0 Å². The predicted molar refractivity (Wildman–Crippen MR) is 60.4 cm³/mol. The molecule has 102 valence electrons. The number of carboxylic acids is 1. The SMILES string of the molecule is C[C@@H](NC(=O)CN)C(=O)N1CC(O)C[C@@H]1C(=O)O. The number of carbonyl (C=O) groups is 3. The van der Waals surface area contributed by atoms with Gasteiger partial charge in [-0.3, -0.25) is 9.59 Å². The molecule has 0 bridgehead atoms. The molecule has 5 N–H and O–H groups in total. The van der Waals surface area contributed by atoms with Crippen LogP contribution >= 0.6 is 0 Å². The fourth-order valence-electron chi connectivity index (χ4n) is 1.90. The minimum atomic E-state index is -1.17. The molecule has 1 saturated heterocycles. The molecule has 1 unspecified atom stereocenters. The number of aliphatic hydroxyl groups is 1. The summed E-state index contributed by atoms with van der Waals surface area (Å²) < 4.78 is 0. The summed E-state index contributed by atoms with van der Waals surface area (Å²) in [5.74, 6) is -2.21. The molecule has 0 radical (unpaired) electrons. The number of likely N-dealkylation sites (tertiary alicyclic amines) is 1. The first kappa shape index (κ1) is 14.4. The molecule has 1 aliphatic rings. The van der Waals surface area contributed by atoms with Gasteiger partial charge >= 0.3 is 5.97 Å². The van der Waals surface area contributed by atoms with Crippen LogP contribution in [0.1, 0.15) is 13.3 Å². The van der Waals surface area contributed by atoms with Crippen LogP contribution in [0.4, 0.5) is 0 Å². The van der Waals surface area contributed by atoms with Crippen molar-refractivity contribution in [1.82, 2.24) is 10.2 Å². The summed E-state index contributed by atoms with van der Waals surface area (Å²) in [5, 5.41) is 20.7. The first-order chi connectivity index (χ1) is 8.36. The van der Waals surface area contributed by atoms with Crippen LogP contribution in [0.5, 0.6) is 0 Å².